The number of sulfonamides is 1. The van der Waals surface area contributed by atoms with Crippen molar-refractivity contribution in [3.63, 3.8) is 0 Å². The summed E-state index contributed by atoms with van der Waals surface area (Å²) in [6, 6.07) is 5.41. The summed E-state index contributed by atoms with van der Waals surface area (Å²) in [7, 11) is -3.42. The van der Waals surface area contributed by atoms with E-state index in [1.54, 1.807) is 12.1 Å². The van der Waals surface area contributed by atoms with Crippen molar-refractivity contribution in [2.45, 2.75) is 45.7 Å². The van der Waals surface area contributed by atoms with Crippen molar-refractivity contribution in [1.29, 1.82) is 0 Å². The third-order valence-corrected chi connectivity index (χ3v) is 7.34. The molecule has 116 valence electrons. The first-order chi connectivity index (χ1) is 9.66. The van der Waals surface area contributed by atoms with E-state index >= 15 is 0 Å². The number of fused-ring (bicyclic) bond motifs is 1. The van der Waals surface area contributed by atoms with Gasteiger partial charge in [0.1, 0.15) is 0 Å². The molecule has 0 spiro atoms. The summed E-state index contributed by atoms with van der Waals surface area (Å²) < 4.78 is 27.7. The number of hydrogen-bond donors (Lipinski definition) is 2. The molecular weight excluding hydrogens is 284 g/mol. The Morgan fingerprint density at radius 3 is 2.38 bits per heavy atom. The summed E-state index contributed by atoms with van der Waals surface area (Å²) in [5.74, 6) is 0.385. The van der Waals surface area contributed by atoms with Crippen LogP contribution in [-0.2, 0) is 23.1 Å². The van der Waals surface area contributed by atoms with E-state index in [1.807, 2.05) is 6.07 Å². The second-order valence-electron chi connectivity index (χ2n) is 7.38. The van der Waals surface area contributed by atoms with Crippen LogP contribution in [0.4, 0.5) is 0 Å². The minimum Gasteiger partial charge on any atom is -0.309 e. The minimum atomic E-state index is -3.42. The van der Waals surface area contributed by atoms with E-state index in [2.05, 4.69) is 37.7 Å². The highest BCUT2D eigenvalue weighted by Gasteiger charge is 2.64. The smallest absolute Gasteiger partial charge is 0.240 e. The van der Waals surface area contributed by atoms with Gasteiger partial charge in [0, 0.05) is 19.6 Å². The maximum atomic E-state index is 12.5. The highest BCUT2D eigenvalue weighted by atomic mass is 32.2. The summed E-state index contributed by atoms with van der Waals surface area (Å²) >= 11 is 0. The first-order valence-corrected chi connectivity index (χ1v) is 8.97. The van der Waals surface area contributed by atoms with Crippen molar-refractivity contribution in [3.05, 3.63) is 29.3 Å². The van der Waals surface area contributed by atoms with Gasteiger partial charge in [-0.15, -0.1) is 0 Å². The zero-order chi connectivity index (χ0) is 15.5. The first kappa shape index (κ1) is 15.0. The van der Waals surface area contributed by atoms with E-state index in [1.165, 1.54) is 5.56 Å². The third kappa shape index (κ3) is 2.31. The van der Waals surface area contributed by atoms with Crippen LogP contribution in [0.3, 0.4) is 0 Å². The van der Waals surface area contributed by atoms with Gasteiger partial charge >= 0.3 is 0 Å². The number of rotatable bonds is 4. The van der Waals surface area contributed by atoms with Gasteiger partial charge in [0.2, 0.25) is 10.0 Å². The van der Waals surface area contributed by atoms with Gasteiger partial charge in [-0.3, -0.25) is 0 Å². The topological polar surface area (TPSA) is 58.2 Å². The average molecular weight is 308 g/mol. The third-order valence-electron chi connectivity index (χ3n) is 5.92. The van der Waals surface area contributed by atoms with Gasteiger partial charge in [-0.1, -0.05) is 33.8 Å². The van der Waals surface area contributed by atoms with E-state index in [4.69, 9.17) is 0 Å². The van der Waals surface area contributed by atoms with Crippen LogP contribution < -0.4 is 10.0 Å². The molecular formula is C16H24N2O2S. The lowest BCUT2D eigenvalue weighted by Crippen LogP contribution is -2.27. The highest BCUT2D eigenvalue weighted by molar-refractivity contribution is 7.89. The van der Waals surface area contributed by atoms with Crippen molar-refractivity contribution in [2.24, 2.45) is 16.7 Å². The molecule has 1 fully saturated rings. The average Bonchev–Trinajstić information content (AvgIpc) is 2.74. The maximum absolute atomic E-state index is 12.5. The monoisotopic (exact) mass is 308 g/mol. The molecule has 0 amide bonds. The Morgan fingerprint density at radius 1 is 1.14 bits per heavy atom. The molecule has 4 nitrogen and oxygen atoms in total. The Kier molecular flexibility index (Phi) is 3.24. The van der Waals surface area contributed by atoms with Gasteiger partial charge in [-0.25, -0.2) is 13.1 Å². The van der Waals surface area contributed by atoms with Crippen LogP contribution in [0.25, 0.3) is 0 Å². The lowest BCUT2D eigenvalue weighted by molar-refractivity contribution is 0.457. The molecule has 3 rings (SSSR count). The molecule has 0 aromatic heterocycles. The van der Waals surface area contributed by atoms with Crippen LogP contribution in [0.15, 0.2) is 23.1 Å². The van der Waals surface area contributed by atoms with Gasteiger partial charge in [0.25, 0.3) is 0 Å². The van der Waals surface area contributed by atoms with E-state index in [0.29, 0.717) is 17.4 Å². The van der Waals surface area contributed by atoms with Crippen molar-refractivity contribution in [2.75, 3.05) is 6.54 Å². The Balaban J connectivity index is 1.73. The van der Waals surface area contributed by atoms with Crippen LogP contribution in [0.2, 0.25) is 0 Å². The molecule has 2 N–H and O–H groups in total. The predicted molar refractivity (Wildman–Crippen MR) is 83.2 cm³/mol. The summed E-state index contributed by atoms with van der Waals surface area (Å²) in [6.45, 7) is 10.9. The molecule has 1 aromatic rings. The van der Waals surface area contributed by atoms with Crippen LogP contribution in [0.1, 0.15) is 38.8 Å². The second-order valence-corrected chi connectivity index (χ2v) is 9.15. The Bertz CT molecular complexity index is 664. The van der Waals surface area contributed by atoms with Crippen LogP contribution >= 0.6 is 0 Å². The van der Waals surface area contributed by atoms with Crippen LogP contribution in [0, 0.1) is 16.7 Å². The van der Waals surface area contributed by atoms with E-state index in [0.717, 1.165) is 18.7 Å². The first-order valence-electron chi connectivity index (χ1n) is 7.48. The largest absolute Gasteiger partial charge is 0.309 e. The Morgan fingerprint density at radius 2 is 1.76 bits per heavy atom. The van der Waals surface area contributed by atoms with Crippen molar-refractivity contribution in [1.82, 2.24) is 10.0 Å². The number of benzene rings is 1. The Hall–Kier alpha value is -0.910. The molecule has 21 heavy (non-hydrogen) atoms. The molecule has 0 radical (unpaired) electrons. The molecule has 0 unspecified atom stereocenters. The normalized spacial score (nSPS) is 23.0. The molecule has 1 aromatic carbocycles. The summed E-state index contributed by atoms with van der Waals surface area (Å²) in [5, 5.41) is 3.23. The molecule has 0 atom stereocenters. The van der Waals surface area contributed by atoms with Gasteiger partial charge in [-0.05, 0) is 40.0 Å². The van der Waals surface area contributed by atoms with E-state index in [9.17, 15) is 8.42 Å². The summed E-state index contributed by atoms with van der Waals surface area (Å²) in [6.07, 6.45) is 0. The van der Waals surface area contributed by atoms with E-state index in [-0.39, 0.29) is 10.8 Å². The standard InChI is InChI=1S/C16H24N2O2S/c1-15(2)14(16(15,3)4)10-18-21(19,20)13-6-5-11-8-17-9-12(11)7-13/h5-7,14,17-18H,8-10H2,1-4H3. The zero-order valence-corrected chi connectivity index (χ0v) is 14.0. The van der Waals surface area contributed by atoms with Crippen molar-refractivity contribution >= 4 is 10.0 Å². The van der Waals surface area contributed by atoms with Crippen molar-refractivity contribution in [3.8, 4) is 0 Å². The molecule has 2 aliphatic rings. The van der Waals surface area contributed by atoms with Gasteiger partial charge in [-0.2, -0.15) is 0 Å². The molecule has 5 heteroatoms. The highest BCUT2D eigenvalue weighted by Crippen LogP contribution is 2.67. The van der Waals surface area contributed by atoms with Gasteiger partial charge in [0.15, 0.2) is 0 Å². The lowest BCUT2D eigenvalue weighted by atomic mass is 10.0. The molecule has 1 aliphatic carbocycles. The fourth-order valence-corrected chi connectivity index (χ4v) is 4.66. The molecule has 1 aliphatic heterocycles. The SMILES string of the molecule is CC1(C)C(CNS(=O)(=O)c2ccc3c(c2)CNC3)C1(C)C. The van der Waals surface area contributed by atoms with E-state index < -0.39 is 10.0 Å². The minimum absolute atomic E-state index is 0.192. The van der Waals surface area contributed by atoms with Gasteiger partial charge < -0.3 is 5.32 Å². The second kappa shape index (κ2) is 4.54. The summed E-state index contributed by atoms with van der Waals surface area (Å²) in [5.41, 5.74) is 2.66. The van der Waals surface area contributed by atoms with Crippen LogP contribution in [0.5, 0.6) is 0 Å². The lowest BCUT2D eigenvalue weighted by Gasteiger charge is -2.09. The fraction of sp³-hybridized carbons (Fsp3) is 0.625. The fourth-order valence-electron chi connectivity index (χ4n) is 3.56. The molecule has 0 saturated heterocycles. The summed E-state index contributed by atoms with van der Waals surface area (Å²) in [4.78, 5) is 0.376. The van der Waals surface area contributed by atoms with Crippen molar-refractivity contribution < 1.29 is 8.42 Å². The van der Waals surface area contributed by atoms with Gasteiger partial charge in [0.05, 0.1) is 4.90 Å². The number of nitrogens with one attached hydrogen (secondary N) is 2. The Labute approximate surface area is 127 Å². The quantitative estimate of drug-likeness (QED) is 0.897. The zero-order valence-electron chi connectivity index (χ0n) is 13.2. The predicted octanol–water partition coefficient (Wildman–Crippen LogP) is 2.25. The molecule has 1 heterocycles. The molecule has 0 bridgehead atoms. The maximum Gasteiger partial charge on any atom is 0.240 e. The molecule has 1 saturated carbocycles. The van der Waals surface area contributed by atoms with Crippen LogP contribution in [-0.4, -0.2) is 15.0 Å². The number of hydrogen-bond acceptors (Lipinski definition) is 3.